The molecule has 0 aliphatic rings. The van der Waals surface area contributed by atoms with E-state index in [1.54, 1.807) is 13.0 Å². The van der Waals surface area contributed by atoms with Crippen molar-refractivity contribution in [1.82, 2.24) is 0 Å². The van der Waals surface area contributed by atoms with E-state index in [0.717, 1.165) is 17.2 Å². The molecular weight excluding hydrogens is 183 g/mol. The van der Waals surface area contributed by atoms with E-state index in [1.165, 1.54) is 12.1 Å². The average Bonchev–Trinajstić information content (AvgIpc) is 2.11. The van der Waals surface area contributed by atoms with E-state index in [9.17, 15) is 9.18 Å². The summed E-state index contributed by atoms with van der Waals surface area (Å²) in [4.78, 5) is 10.3. The van der Waals surface area contributed by atoms with Crippen LogP contribution in [-0.4, -0.2) is 11.1 Å². The molecule has 0 saturated heterocycles. The Morgan fingerprint density at radius 1 is 1.43 bits per heavy atom. The molecule has 1 rings (SSSR count). The number of aliphatic carboxylic acids is 1. The van der Waals surface area contributed by atoms with Gasteiger partial charge in [0.2, 0.25) is 0 Å². The summed E-state index contributed by atoms with van der Waals surface area (Å²) in [5, 5.41) is 8.42. The van der Waals surface area contributed by atoms with Crippen LogP contribution in [0.2, 0.25) is 0 Å². The zero-order valence-electron chi connectivity index (χ0n) is 8.04. The van der Waals surface area contributed by atoms with E-state index in [4.69, 9.17) is 5.11 Å². The molecule has 1 N–H and O–H groups in total. The van der Waals surface area contributed by atoms with Crippen LogP contribution in [-0.2, 0) is 4.79 Å². The average molecular weight is 194 g/mol. The third kappa shape index (κ3) is 2.19. The first-order valence-corrected chi connectivity index (χ1v) is 4.19. The normalized spacial score (nSPS) is 10.8. The van der Waals surface area contributed by atoms with Crippen LogP contribution in [0, 0.1) is 19.7 Å². The second-order valence-electron chi connectivity index (χ2n) is 3.07. The number of carbonyl (C=O) groups is 1. The lowest BCUT2D eigenvalue weighted by atomic mass is 10.0. The highest BCUT2D eigenvalue weighted by Gasteiger charge is 2.04. The molecular formula is C11H11FO2. The van der Waals surface area contributed by atoms with E-state index in [2.05, 4.69) is 0 Å². The number of carboxylic acids is 1. The molecule has 0 atom stereocenters. The molecule has 0 aliphatic carbocycles. The Morgan fingerprint density at radius 2 is 2.07 bits per heavy atom. The molecule has 14 heavy (non-hydrogen) atoms. The SMILES string of the molecule is Cc1ccc(F)c(/C=C/C(=O)O)c1C. The minimum atomic E-state index is -1.08. The van der Waals surface area contributed by atoms with E-state index >= 15 is 0 Å². The van der Waals surface area contributed by atoms with Gasteiger partial charge in [0.1, 0.15) is 5.82 Å². The number of halogens is 1. The van der Waals surface area contributed by atoms with Crippen LogP contribution in [0.1, 0.15) is 16.7 Å². The van der Waals surface area contributed by atoms with E-state index in [1.807, 2.05) is 6.92 Å². The van der Waals surface area contributed by atoms with Crippen LogP contribution in [0.3, 0.4) is 0 Å². The smallest absolute Gasteiger partial charge is 0.328 e. The van der Waals surface area contributed by atoms with Crippen LogP contribution in [0.5, 0.6) is 0 Å². The second-order valence-corrected chi connectivity index (χ2v) is 3.07. The van der Waals surface area contributed by atoms with Crippen LogP contribution in [0.25, 0.3) is 6.08 Å². The molecule has 0 radical (unpaired) electrons. The maximum atomic E-state index is 13.2. The Kier molecular flexibility index (Phi) is 3.02. The van der Waals surface area contributed by atoms with Gasteiger partial charge in [-0.15, -0.1) is 0 Å². The summed E-state index contributed by atoms with van der Waals surface area (Å²) in [6.07, 6.45) is 2.21. The Morgan fingerprint density at radius 3 is 2.64 bits per heavy atom. The number of hydrogen-bond acceptors (Lipinski definition) is 1. The molecule has 0 saturated carbocycles. The van der Waals surface area contributed by atoms with Crippen LogP contribution < -0.4 is 0 Å². The molecule has 0 unspecified atom stereocenters. The maximum Gasteiger partial charge on any atom is 0.328 e. The molecule has 0 aliphatic heterocycles. The fraction of sp³-hybridized carbons (Fsp3) is 0.182. The molecule has 0 aromatic heterocycles. The van der Waals surface area contributed by atoms with Crippen molar-refractivity contribution in [2.75, 3.05) is 0 Å². The summed E-state index contributed by atoms with van der Waals surface area (Å²) in [7, 11) is 0. The Bertz CT molecular complexity index is 395. The molecule has 0 spiro atoms. The highest BCUT2D eigenvalue weighted by atomic mass is 19.1. The van der Waals surface area contributed by atoms with Crippen molar-refractivity contribution in [2.45, 2.75) is 13.8 Å². The highest BCUT2D eigenvalue weighted by Crippen LogP contribution is 2.18. The summed E-state index contributed by atoms with van der Waals surface area (Å²) in [6, 6.07) is 3.01. The summed E-state index contributed by atoms with van der Waals surface area (Å²) in [5.41, 5.74) is 2.05. The lowest BCUT2D eigenvalue weighted by Crippen LogP contribution is -1.92. The van der Waals surface area contributed by atoms with Crippen molar-refractivity contribution in [2.24, 2.45) is 0 Å². The number of hydrogen-bond donors (Lipinski definition) is 1. The largest absolute Gasteiger partial charge is 0.478 e. The third-order valence-corrected chi connectivity index (χ3v) is 2.13. The molecule has 1 aromatic carbocycles. The van der Waals surface area contributed by atoms with Gasteiger partial charge in [0, 0.05) is 11.6 Å². The predicted molar refractivity (Wildman–Crippen MR) is 52.5 cm³/mol. The van der Waals surface area contributed by atoms with Gasteiger partial charge in [0.25, 0.3) is 0 Å². The minimum Gasteiger partial charge on any atom is -0.478 e. The summed E-state index contributed by atoms with van der Waals surface area (Å²) in [6.45, 7) is 3.62. The first kappa shape index (κ1) is 10.4. The van der Waals surface area contributed by atoms with Gasteiger partial charge >= 0.3 is 5.97 Å². The van der Waals surface area contributed by atoms with Gasteiger partial charge in [-0.25, -0.2) is 9.18 Å². The van der Waals surface area contributed by atoms with Gasteiger partial charge in [0.05, 0.1) is 0 Å². The fourth-order valence-electron chi connectivity index (χ4n) is 1.16. The quantitative estimate of drug-likeness (QED) is 0.734. The van der Waals surface area contributed by atoms with Gasteiger partial charge < -0.3 is 5.11 Å². The molecule has 0 bridgehead atoms. The topological polar surface area (TPSA) is 37.3 Å². The zero-order chi connectivity index (χ0) is 10.7. The van der Waals surface area contributed by atoms with Gasteiger partial charge in [-0.1, -0.05) is 6.07 Å². The zero-order valence-corrected chi connectivity index (χ0v) is 8.04. The number of benzene rings is 1. The Balaban J connectivity index is 3.19. The van der Waals surface area contributed by atoms with E-state index in [0.29, 0.717) is 5.56 Å². The monoisotopic (exact) mass is 194 g/mol. The van der Waals surface area contributed by atoms with E-state index in [-0.39, 0.29) is 0 Å². The lowest BCUT2D eigenvalue weighted by Gasteiger charge is -2.05. The van der Waals surface area contributed by atoms with Crippen molar-refractivity contribution in [3.8, 4) is 0 Å². The Labute approximate surface area is 81.7 Å². The third-order valence-electron chi connectivity index (χ3n) is 2.13. The Hall–Kier alpha value is -1.64. The van der Waals surface area contributed by atoms with Crippen LogP contribution >= 0.6 is 0 Å². The number of aryl methyl sites for hydroxylation is 1. The molecule has 2 nitrogen and oxygen atoms in total. The fourth-order valence-corrected chi connectivity index (χ4v) is 1.16. The maximum absolute atomic E-state index is 13.2. The van der Waals surface area contributed by atoms with Crippen LogP contribution in [0.15, 0.2) is 18.2 Å². The summed E-state index contributed by atoms with van der Waals surface area (Å²) in [5.74, 6) is -1.48. The van der Waals surface area contributed by atoms with Gasteiger partial charge in [-0.3, -0.25) is 0 Å². The minimum absolute atomic E-state index is 0.340. The second kappa shape index (κ2) is 4.05. The molecule has 1 aromatic rings. The first-order chi connectivity index (χ1) is 6.52. The number of carboxylic acid groups (broad SMARTS) is 1. The van der Waals surface area contributed by atoms with Crippen molar-refractivity contribution < 1.29 is 14.3 Å². The van der Waals surface area contributed by atoms with E-state index < -0.39 is 11.8 Å². The summed E-state index contributed by atoms with van der Waals surface area (Å²) < 4.78 is 13.2. The van der Waals surface area contributed by atoms with Crippen molar-refractivity contribution >= 4 is 12.0 Å². The van der Waals surface area contributed by atoms with Gasteiger partial charge in [-0.05, 0) is 37.1 Å². The lowest BCUT2D eigenvalue weighted by molar-refractivity contribution is -0.131. The van der Waals surface area contributed by atoms with Crippen molar-refractivity contribution in [1.29, 1.82) is 0 Å². The van der Waals surface area contributed by atoms with Gasteiger partial charge in [0.15, 0.2) is 0 Å². The molecule has 3 heteroatoms. The van der Waals surface area contributed by atoms with Gasteiger partial charge in [-0.2, -0.15) is 0 Å². The molecule has 0 amide bonds. The van der Waals surface area contributed by atoms with Crippen molar-refractivity contribution in [3.63, 3.8) is 0 Å². The van der Waals surface area contributed by atoms with Crippen LogP contribution in [0.4, 0.5) is 4.39 Å². The predicted octanol–water partition coefficient (Wildman–Crippen LogP) is 2.54. The molecule has 0 fully saturated rings. The van der Waals surface area contributed by atoms with Crippen molar-refractivity contribution in [3.05, 3.63) is 40.7 Å². The molecule has 74 valence electrons. The highest BCUT2D eigenvalue weighted by molar-refractivity contribution is 5.85. The molecule has 0 heterocycles. The first-order valence-electron chi connectivity index (χ1n) is 4.19. The standard InChI is InChI=1S/C11H11FO2/c1-7-3-5-10(12)9(8(7)2)4-6-11(13)14/h3-6H,1-2H3,(H,13,14)/b6-4+. The summed E-state index contributed by atoms with van der Waals surface area (Å²) >= 11 is 0. The number of rotatable bonds is 2.